The molecule has 2 amide bonds. The summed E-state index contributed by atoms with van der Waals surface area (Å²) in [5.41, 5.74) is 5.18. The van der Waals surface area contributed by atoms with Crippen LogP contribution in [-0.4, -0.2) is 21.6 Å². The van der Waals surface area contributed by atoms with Gasteiger partial charge in [-0.1, -0.05) is 17.7 Å². The van der Waals surface area contributed by atoms with Crippen molar-refractivity contribution < 1.29 is 9.59 Å². The smallest absolute Gasteiger partial charge is 0.256 e. The van der Waals surface area contributed by atoms with Crippen LogP contribution in [0.3, 0.4) is 0 Å². The number of aryl methyl sites for hydroxylation is 3. The second kappa shape index (κ2) is 6.72. The van der Waals surface area contributed by atoms with Gasteiger partial charge in [-0.05, 0) is 56.2 Å². The van der Waals surface area contributed by atoms with Crippen LogP contribution in [0.5, 0.6) is 0 Å². The van der Waals surface area contributed by atoms with E-state index in [1.165, 1.54) is 0 Å². The summed E-state index contributed by atoms with van der Waals surface area (Å²) in [5, 5.41) is 10.3. The fourth-order valence-corrected chi connectivity index (χ4v) is 3.18. The monoisotopic (exact) mass is 360 g/mol. The van der Waals surface area contributed by atoms with Crippen molar-refractivity contribution >= 4 is 23.3 Å². The van der Waals surface area contributed by atoms with Gasteiger partial charge in [0.1, 0.15) is 5.82 Å². The first-order valence-corrected chi connectivity index (χ1v) is 8.87. The highest BCUT2D eigenvalue weighted by Crippen LogP contribution is 2.24. The van der Waals surface area contributed by atoms with Crippen LogP contribution >= 0.6 is 0 Å². The molecule has 27 heavy (non-hydrogen) atoms. The summed E-state index contributed by atoms with van der Waals surface area (Å²) >= 11 is 0. The fourth-order valence-electron chi connectivity index (χ4n) is 3.18. The van der Waals surface area contributed by atoms with Crippen molar-refractivity contribution in [1.82, 2.24) is 9.78 Å². The van der Waals surface area contributed by atoms with Gasteiger partial charge in [-0.2, -0.15) is 5.10 Å². The maximum absolute atomic E-state index is 12.8. The molecule has 0 aliphatic carbocycles. The molecule has 2 aromatic carbocycles. The maximum Gasteiger partial charge on any atom is 0.256 e. The van der Waals surface area contributed by atoms with Gasteiger partial charge in [0.25, 0.3) is 5.91 Å². The Morgan fingerprint density at radius 2 is 1.85 bits per heavy atom. The molecule has 1 aromatic heterocycles. The topological polar surface area (TPSA) is 76.0 Å². The van der Waals surface area contributed by atoms with Crippen molar-refractivity contribution in [3.63, 3.8) is 0 Å². The van der Waals surface area contributed by atoms with Crippen molar-refractivity contribution in [2.75, 3.05) is 10.6 Å². The molecule has 1 aliphatic rings. The number of hydrogen-bond acceptors (Lipinski definition) is 3. The van der Waals surface area contributed by atoms with Crippen molar-refractivity contribution in [2.24, 2.45) is 0 Å². The van der Waals surface area contributed by atoms with E-state index in [0.717, 1.165) is 28.2 Å². The average Bonchev–Trinajstić information content (AvgIpc) is 3.02. The van der Waals surface area contributed by atoms with Crippen molar-refractivity contribution in [2.45, 2.75) is 26.7 Å². The number of amides is 2. The minimum Gasteiger partial charge on any atom is -0.326 e. The van der Waals surface area contributed by atoms with E-state index in [4.69, 9.17) is 0 Å². The van der Waals surface area contributed by atoms with Crippen molar-refractivity contribution in [1.29, 1.82) is 0 Å². The van der Waals surface area contributed by atoms with E-state index < -0.39 is 0 Å². The molecule has 3 aromatic rings. The number of carbonyl (C=O) groups is 2. The van der Waals surface area contributed by atoms with Gasteiger partial charge in [0.05, 0.1) is 11.4 Å². The van der Waals surface area contributed by atoms with E-state index >= 15 is 0 Å². The Hall–Kier alpha value is -3.41. The Morgan fingerprint density at radius 3 is 2.63 bits per heavy atom. The zero-order chi connectivity index (χ0) is 19.0. The van der Waals surface area contributed by atoms with Crippen LogP contribution in [0.2, 0.25) is 0 Å². The third kappa shape index (κ3) is 3.46. The largest absolute Gasteiger partial charge is 0.326 e. The van der Waals surface area contributed by atoms with Crippen LogP contribution in [-0.2, 0) is 11.2 Å². The first-order valence-electron chi connectivity index (χ1n) is 8.87. The number of benzene rings is 2. The van der Waals surface area contributed by atoms with Crippen LogP contribution in [0.15, 0.2) is 48.5 Å². The lowest BCUT2D eigenvalue weighted by Crippen LogP contribution is -2.20. The van der Waals surface area contributed by atoms with Crippen LogP contribution < -0.4 is 10.6 Å². The molecule has 0 saturated carbocycles. The standard InChI is InChI=1S/C21H20N4O2/c1-13-3-7-17(8-4-13)25-19(11-14(2)24-25)23-21(27)16-5-9-18-15(12-16)6-10-20(26)22-18/h3-5,7-9,11-12H,6,10H2,1-2H3,(H,22,26)(H,23,27). The lowest BCUT2D eigenvalue weighted by Gasteiger charge is -2.17. The normalized spacial score (nSPS) is 13.0. The van der Waals surface area contributed by atoms with E-state index in [1.54, 1.807) is 16.8 Å². The first kappa shape index (κ1) is 17.0. The molecule has 0 bridgehead atoms. The third-order valence-electron chi connectivity index (χ3n) is 4.61. The van der Waals surface area contributed by atoms with E-state index in [2.05, 4.69) is 15.7 Å². The highest BCUT2D eigenvalue weighted by atomic mass is 16.2. The van der Waals surface area contributed by atoms with Gasteiger partial charge in [-0.25, -0.2) is 4.68 Å². The number of rotatable bonds is 3. The summed E-state index contributed by atoms with van der Waals surface area (Å²) in [6.45, 7) is 3.92. The van der Waals surface area contributed by atoms with E-state index in [9.17, 15) is 9.59 Å². The lowest BCUT2D eigenvalue weighted by molar-refractivity contribution is -0.116. The molecule has 0 radical (unpaired) electrons. The summed E-state index contributed by atoms with van der Waals surface area (Å²) < 4.78 is 1.73. The molecular weight excluding hydrogens is 340 g/mol. The number of nitrogens with one attached hydrogen (secondary N) is 2. The Kier molecular flexibility index (Phi) is 4.24. The minimum atomic E-state index is -0.206. The van der Waals surface area contributed by atoms with Gasteiger partial charge < -0.3 is 10.6 Å². The second-order valence-electron chi connectivity index (χ2n) is 6.79. The summed E-state index contributed by atoms with van der Waals surface area (Å²) in [4.78, 5) is 24.3. The van der Waals surface area contributed by atoms with Crippen LogP contribution in [0.4, 0.5) is 11.5 Å². The number of fused-ring (bicyclic) bond motifs is 1. The van der Waals surface area contributed by atoms with Gasteiger partial charge in [0.2, 0.25) is 5.91 Å². The van der Waals surface area contributed by atoms with Crippen LogP contribution in [0.25, 0.3) is 5.69 Å². The zero-order valence-corrected chi connectivity index (χ0v) is 15.2. The summed E-state index contributed by atoms with van der Waals surface area (Å²) in [6.07, 6.45) is 1.08. The first-order chi connectivity index (χ1) is 13.0. The van der Waals surface area contributed by atoms with E-state index in [-0.39, 0.29) is 11.8 Å². The molecule has 0 unspecified atom stereocenters. The van der Waals surface area contributed by atoms with Gasteiger partial charge in [0.15, 0.2) is 0 Å². The summed E-state index contributed by atoms with van der Waals surface area (Å²) in [7, 11) is 0. The Labute approximate surface area is 157 Å². The van der Waals surface area contributed by atoms with Gasteiger partial charge in [-0.15, -0.1) is 0 Å². The number of nitrogens with zero attached hydrogens (tertiary/aromatic N) is 2. The zero-order valence-electron chi connectivity index (χ0n) is 15.2. The predicted molar refractivity (Wildman–Crippen MR) is 104 cm³/mol. The van der Waals surface area contributed by atoms with Crippen molar-refractivity contribution in [3.05, 3.63) is 70.9 Å². The number of carbonyl (C=O) groups excluding carboxylic acids is 2. The minimum absolute atomic E-state index is 0.0113. The van der Waals surface area contributed by atoms with E-state index in [0.29, 0.717) is 24.2 Å². The molecule has 0 spiro atoms. The van der Waals surface area contributed by atoms with Crippen molar-refractivity contribution in [3.8, 4) is 5.69 Å². The predicted octanol–water partition coefficient (Wildman–Crippen LogP) is 3.63. The SMILES string of the molecule is Cc1ccc(-n2nc(C)cc2NC(=O)c2ccc3c(c2)CCC(=O)N3)cc1. The maximum atomic E-state index is 12.8. The van der Waals surface area contributed by atoms with Gasteiger partial charge >= 0.3 is 0 Å². The lowest BCUT2D eigenvalue weighted by atomic mass is 10.00. The number of hydrogen-bond donors (Lipinski definition) is 2. The quantitative estimate of drug-likeness (QED) is 0.749. The van der Waals surface area contributed by atoms with Gasteiger partial charge in [0, 0.05) is 23.7 Å². The Bertz CT molecular complexity index is 1030. The molecule has 2 heterocycles. The molecule has 6 heteroatoms. The molecule has 136 valence electrons. The highest BCUT2D eigenvalue weighted by molar-refractivity contribution is 6.05. The highest BCUT2D eigenvalue weighted by Gasteiger charge is 2.18. The molecule has 0 saturated heterocycles. The summed E-state index contributed by atoms with van der Waals surface area (Å²) in [5.74, 6) is 0.424. The van der Waals surface area contributed by atoms with E-state index in [1.807, 2.05) is 50.2 Å². The van der Waals surface area contributed by atoms with Crippen LogP contribution in [0.1, 0.15) is 33.6 Å². The molecule has 4 rings (SSSR count). The fraction of sp³-hybridized carbons (Fsp3) is 0.190. The molecule has 6 nitrogen and oxygen atoms in total. The van der Waals surface area contributed by atoms with Crippen LogP contribution in [0, 0.1) is 13.8 Å². The number of anilines is 2. The van der Waals surface area contributed by atoms with Gasteiger partial charge in [-0.3, -0.25) is 9.59 Å². The molecular formula is C21H20N4O2. The molecule has 1 aliphatic heterocycles. The molecule has 0 atom stereocenters. The Morgan fingerprint density at radius 1 is 1.07 bits per heavy atom. The summed E-state index contributed by atoms with van der Waals surface area (Å²) in [6, 6.07) is 15.1. The molecule has 2 N–H and O–H groups in total. The third-order valence-corrected chi connectivity index (χ3v) is 4.61. The Balaban J connectivity index is 1.60. The second-order valence-corrected chi connectivity index (χ2v) is 6.79. The molecule has 0 fully saturated rings. The number of aromatic nitrogens is 2. The average molecular weight is 360 g/mol.